The van der Waals surface area contributed by atoms with E-state index in [1.807, 2.05) is 6.07 Å². The Morgan fingerprint density at radius 2 is 1.87 bits per heavy atom. The van der Waals surface area contributed by atoms with Gasteiger partial charge in [-0.2, -0.15) is 0 Å². The number of nitrogens with one attached hydrogen (secondary N) is 1. The zero-order valence-corrected chi connectivity index (χ0v) is 7.67. The molecule has 0 atom stereocenters. The molecule has 2 N–H and O–H groups in total. The van der Waals surface area contributed by atoms with Crippen molar-refractivity contribution in [2.45, 2.75) is 0 Å². The van der Waals surface area contributed by atoms with Crippen LogP contribution in [-0.2, 0) is 14.6 Å². The van der Waals surface area contributed by atoms with Crippen molar-refractivity contribution >= 4 is 17.8 Å². The van der Waals surface area contributed by atoms with E-state index in [0.717, 1.165) is 5.69 Å². The van der Waals surface area contributed by atoms with E-state index in [1.165, 1.54) is 0 Å². The maximum atomic E-state index is 10.8. The molecule has 0 aliphatic rings. The third kappa shape index (κ3) is 4.51. The van der Waals surface area contributed by atoms with Crippen molar-refractivity contribution in [1.82, 2.24) is 0 Å². The lowest BCUT2D eigenvalue weighted by Crippen LogP contribution is -2.18. The zero-order valence-electron chi connectivity index (χ0n) is 7.67. The number of para-hydroxylation sites is 1. The molecule has 0 saturated heterocycles. The summed E-state index contributed by atoms with van der Waals surface area (Å²) in [7, 11) is 0. The minimum Gasteiger partial charge on any atom is -0.447 e. The Labute approximate surface area is 85.3 Å². The van der Waals surface area contributed by atoms with Crippen molar-refractivity contribution in [3.05, 3.63) is 30.3 Å². The summed E-state index contributed by atoms with van der Waals surface area (Å²) in [4.78, 5) is 28.2. The van der Waals surface area contributed by atoms with Crippen LogP contribution in [0.1, 0.15) is 0 Å². The lowest BCUT2D eigenvalue weighted by Gasteiger charge is -2.03. The van der Waals surface area contributed by atoms with E-state index in [9.17, 15) is 9.59 Å². The monoisotopic (exact) mass is 211 g/mol. The second-order valence-corrected chi connectivity index (χ2v) is 2.52. The number of anilines is 1. The van der Waals surface area contributed by atoms with Crippen molar-refractivity contribution in [1.29, 1.82) is 0 Å². The third-order valence-corrected chi connectivity index (χ3v) is 1.42. The molecule has 0 aliphatic carbocycles. The van der Waals surface area contributed by atoms with Crippen LogP contribution >= 0.6 is 0 Å². The van der Waals surface area contributed by atoms with Crippen LogP contribution in [0.25, 0.3) is 0 Å². The summed E-state index contributed by atoms with van der Waals surface area (Å²) in [6.07, 6.45) is -1.66. The Kier molecular flexibility index (Phi) is 3.96. The molecule has 0 radical (unpaired) electrons. The lowest BCUT2D eigenvalue weighted by atomic mass is 10.3. The molecule has 1 aromatic carbocycles. The molecule has 0 aromatic heterocycles. The van der Waals surface area contributed by atoms with E-state index in [-0.39, 0.29) is 6.54 Å². The molecule has 1 aromatic rings. The molecule has 0 fully saturated rings. The molecular weight excluding hydrogens is 202 g/mol. The van der Waals surface area contributed by atoms with Gasteiger partial charge in [-0.05, 0) is 12.1 Å². The predicted molar refractivity (Wildman–Crippen MR) is 50.1 cm³/mol. The number of hydrogen-bond acceptors (Lipinski definition) is 5. The van der Waals surface area contributed by atoms with Gasteiger partial charge in [0.2, 0.25) is 0 Å². The van der Waals surface area contributed by atoms with E-state index in [1.54, 1.807) is 24.3 Å². The molecule has 80 valence electrons. The summed E-state index contributed by atoms with van der Waals surface area (Å²) in [5.74, 6) is -0.818. The molecule has 0 spiro atoms. The van der Waals surface area contributed by atoms with E-state index in [2.05, 4.69) is 15.1 Å². The van der Waals surface area contributed by atoms with Crippen molar-refractivity contribution in [3.63, 3.8) is 0 Å². The Bertz CT molecular complexity index is 338. The summed E-state index contributed by atoms with van der Waals surface area (Å²) < 4.78 is 0. The van der Waals surface area contributed by atoms with E-state index >= 15 is 0 Å². The average molecular weight is 211 g/mol. The molecule has 6 nitrogen and oxygen atoms in total. The highest BCUT2D eigenvalue weighted by Crippen LogP contribution is 2.03. The van der Waals surface area contributed by atoms with Gasteiger partial charge in [0.25, 0.3) is 0 Å². The van der Waals surface area contributed by atoms with Crippen molar-refractivity contribution in [2.75, 3.05) is 11.9 Å². The standard InChI is InChI=1S/C9H9NO5/c11-8(14-15-9(12)13)6-10-7-4-2-1-3-5-7/h1-5,10H,6H2,(H,12,13). The fraction of sp³-hybridized carbons (Fsp3) is 0.111. The van der Waals surface area contributed by atoms with Crippen molar-refractivity contribution in [2.24, 2.45) is 0 Å². The first-order valence-electron chi connectivity index (χ1n) is 4.07. The molecule has 0 bridgehead atoms. The molecule has 0 heterocycles. The second-order valence-electron chi connectivity index (χ2n) is 2.52. The number of carboxylic acid groups (broad SMARTS) is 1. The fourth-order valence-corrected chi connectivity index (χ4v) is 0.842. The van der Waals surface area contributed by atoms with Crippen LogP contribution in [0, 0.1) is 0 Å². The minimum atomic E-state index is -1.66. The Hall–Kier alpha value is -2.24. The van der Waals surface area contributed by atoms with E-state index < -0.39 is 12.1 Å². The molecule has 1 rings (SSSR count). The zero-order chi connectivity index (χ0) is 11.1. The molecule has 0 aliphatic heterocycles. The van der Waals surface area contributed by atoms with Crippen LogP contribution in [0.15, 0.2) is 30.3 Å². The molecule has 0 unspecified atom stereocenters. The van der Waals surface area contributed by atoms with E-state index in [4.69, 9.17) is 5.11 Å². The predicted octanol–water partition coefficient (Wildman–Crippen LogP) is 1.25. The highest BCUT2D eigenvalue weighted by Gasteiger charge is 2.06. The summed E-state index contributed by atoms with van der Waals surface area (Å²) in [6.45, 7) is -0.169. The molecule has 0 amide bonds. The largest absolute Gasteiger partial charge is 0.547 e. The third-order valence-electron chi connectivity index (χ3n) is 1.42. The van der Waals surface area contributed by atoms with E-state index in [0.29, 0.717) is 0 Å². The summed E-state index contributed by atoms with van der Waals surface area (Å²) >= 11 is 0. The normalized spacial score (nSPS) is 9.07. The maximum absolute atomic E-state index is 10.8. The van der Waals surface area contributed by atoms with Crippen molar-refractivity contribution in [3.8, 4) is 0 Å². The number of carbonyl (C=O) groups excluding carboxylic acids is 1. The van der Waals surface area contributed by atoms with Gasteiger partial charge in [0.15, 0.2) is 0 Å². The SMILES string of the molecule is O=C(O)OOC(=O)CNc1ccccc1. The maximum Gasteiger partial charge on any atom is 0.547 e. The van der Waals surface area contributed by atoms with Gasteiger partial charge in [0, 0.05) is 5.69 Å². The number of hydrogen-bond donors (Lipinski definition) is 2. The van der Waals surface area contributed by atoms with Crippen molar-refractivity contribution < 1.29 is 24.5 Å². The second kappa shape index (κ2) is 5.48. The van der Waals surface area contributed by atoms with Crippen LogP contribution in [-0.4, -0.2) is 23.8 Å². The summed E-state index contributed by atoms with van der Waals surface area (Å²) in [6, 6.07) is 8.93. The minimum absolute atomic E-state index is 0.169. The van der Waals surface area contributed by atoms with Gasteiger partial charge < -0.3 is 10.4 Å². The first kappa shape index (κ1) is 10.8. The lowest BCUT2D eigenvalue weighted by molar-refractivity contribution is -0.238. The Morgan fingerprint density at radius 3 is 2.47 bits per heavy atom. The quantitative estimate of drug-likeness (QED) is 0.578. The highest BCUT2D eigenvalue weighted by atomic mass is 17.2. The van der Waals surface area contributed by atoms with Gasteiger partial charge in [0.05, 0.1) is 0 Å². The van der Waals surface area contributed by atoms with Gasteiger partial charge in [-0.1, -0.05) is 18.2 Å². The van der Waals surface area contributed by atoms with Crippen LogP contribution in [0.3, 0.4) is 0 Å². The van der Waals surface area contributed by atoms with Crippen LogP contribution < -0.4 is 5.32 Å². The highest BCUT2D eigenvalue weighted by molar-refractivity contribution is 5.75. The number of benzene rings is 1. The smallest absolute Gasteiger partial charge is 0.447 e. The Morgan fingerprint density at radius 1 is 1.20 bits per heavy atom. The average Bonchev–Trinajstić information content (AvgIpc) is 2.25. The fourth-order valence-electron chi connectivity index (χ4n) is 0.842. The summed E-state index contributed by atoms with van der Waals surface area (Å²) in [5.41, 5.74) is 0.727. The van der Waals surface area contributed by atoms with Gasteiger partial charge in [-0.3, -0.25) is 0 Å². The Balaban J connectivity index is 2.26. The van der Waals surface area contributed by atoms with Gasteiger partial charge in [0.1, 0.15) is 6.54 Å². The van der Waals surface area contributed by atoms with Crippen LogP contribution in [0.2, 0.25) is 0 Å². The first-order valence-corrected chi connectivity index (χ1v) is 4.07. The first-order chi connectivity index (χ1) is 7.18. The summed E-state index contributed by atoms with van der Waals surface area (Å²) in [5, 5.41) is 10.7. The number of rotatable bonds is 3. The molecular formula is C9H9NO5. The molecule has 15 heavy (non-hydrogen) atoms. The van der Waals surface area contributed by atoms with Crippen LogP contribution in [0.4, 0.5) is 10.5 Å². The van der Waals surface area contributed by atoms with Gasteiger partial charge in [-0.15, -0.1) is 0 Å². The topological polar surface area (TPSA) is 84.9 Å². The number of carbonyl (C=O) groups is 2. The van der Waals surface area contributed by atoms with Gasteiger partial charge in [-0.25, -0.2) is 19.4 Å². The molecule has 0 saturated carbocycles. The molecule has 6 heteroatoms. The van der Waals surface area contributed by atoms with Crippen LogP contribution in [0.5, 0.6) is 0 Å². The van der Waals surface area contributed by atoms with Gasteiger partial charge >= 0.3 is 12.1 Å².